The van der Waals surface area contributed by atoms with E-state index in [1.54, 1.807) is 0 Å². The molecule has 0 amide bonds. The van der Waals surface area contributed by atoms with Gasteiger partial charge in [-0.2, -0.15) is 0 Å². The molecule has 6 heteroatoms. The molecule has 17 heavy (non-hydrogen) atoms. The minimum atomic E-state index is -3.15. The number of benzene rings is 1. The standard InChI is InChI=1S/C11H12ClFO3S/c12-9-5-8(1-2-10(9)13)6-11(14)3-4-17(15,16)7-11/h1-2,5,14H,3-4,6-7H2. The average molecular weight is 279 g/mol. The molecule has 1 N–H and O–H groups in total. The molecular weight excluding hydrogens is 267 g/mol. The Balaban J connectivity index is 2.19. The molecule has 1 aromatic carbocycles. The van der Waals surface area contributed by atoms with Gasteiger partial charge in [-0.05, 0) is 24.1 Å². The summed E-state index contributed by atoms with van der Waals surface area (Å²) >= 11 is 5.63. The van der Waals surface area contributed by atoms with E-state index in [2.05, 4.69) is 0 Å². The van der Waals surface area contributed by atoms with Crippen LogP contribution in [0.1, 0.15) is 12.0 Å². The fourth-order valence-electron chi connectivity index (χ4n) is 2.07. The summed E-state index contributed by atoms with van der Waals surface area (Å²) in [5, 5.41) is 10.1. The Kier molecular flexibility index (Phi) is 3.18. The van der Waals surface area contributed by atoms with Gasteiger partial charge in [0.25, 0.3) is 0 Å². The third-order valence-electron chi connectivity index (χ3n) is 2.88. The Morgan fingerprint density at radius 2 is 2.18 bits per heavy atom. The average Bonchev–Trinajstić information content (AvgIpc) is 2.47. The Hall–Kier alpha value is -0.650. The summed E-state index contributed by atoms with van der Waals surface area (Å²) in [6.07, 6.45) is 0.385. The minimum Gasteiger partial charge on any atom is -0.388 e. The molecule has 1 aromatic rings. The number of hydrogen-bond donors (Lipinski definition) is 1. The summed E-state index contributed by atoms with van der Waals surface area (Å²) in [7, 11) is -3.15. The van der Waals surface area contributed by atoms with Gasteiger partial charge >= 0.3 is 0 Å². The normalized spacial score (nSPS) is 27.2. The van der Waals surface area contributed by atoms with E-state index in [9.17, 15) is 17.9 Å². The molecule has 1 saturated heterocycles. The van der Waals surface area contributed by atoms with Crippen molar-refractivity contribution < 1.29 is 17.9 Å². The predicted molar refractivity (Wildman–Crippen MR) is 63.3 cm³/mol. The molecule has 0 aliphatic carbocycles. The molecule has 1 aliphatic rings. The van der Waals surface area contributed by atoms with E-state index < -0.39 is 21.3 Å². The van der Waals surface area contributed by atoms with Gasteiger partial charge in [0.15, 0.2) is 9.84 Å². The van der Waals surface area contributed by atoms with E-state index in [4.69, 9.17) is 11.6 Å². The van der Waals surface area contributed by atoms with Crippen molar-refractivity contribution in [2.45, 2.75) is 18.4 Å². The van der Waals surface area contributed by atoms with Gasteiger partial charge in [0, 0.05) is 6.42 Å². The van der Waals surface area contributed by atoms with Crippen LogP contribution in [0.4, 0.5) is 4.39 Å². The van der Waals surface area contributed by atoms with Gasteiger partial charge in [0.05, 0.1) is 22.1 Å². The molecule has 1 unspecified atom stereocenters. The lowest BCUT2D eigenvalue weighted by molar-refractivity contribution is 0.0682. The molecule has 1 atom stereocenters. The van der Waals surface area contributed by atoms with Gasteiger partial charge in [0.1, 0.15) is 5.82 Å². The van der Waals surface area contributed by atoms with Gasteiger partial charge in [-0.25, -0.2) is 12.8 Å². The van der Waals surface area contributed by atoms with Crippen molar-refractivity contribution in [2.24, 2.45) is 0 Å². The highest BCUT2D eigenvalue weighted by atomic mass is 35.5. The maximum absolute atomic E-state index is 12.9. The first-order valence-electron chi connectivity index (χ1n) is 5.16. The monoisotopic (exact) mass is 278 g/mol. The van der Waals surface area contributed by atoms with E-state index in [0.29, 0.717) is 5.56 Å². The lowest BCUT2D eigenvalue weighted by atomic mass is 9.94. The molecule has 1 aliphatic heterocycles. The van der Waals surface area contributed by atoms with E-state index in [1.165, 1.54) is 18.2 Å². The van der Waals surface area contributed by atoms with Crippen LogP contribution >= 0.6 is 11.6 Å². The highest BCUT2D eigenvalue weighted by Gasteiger charge is 2.40. The van der Waals surface area contributed by atoms with E-state index in [1.807, 2.05) is 0 Å². The quantitative estimate of drug-likeness (QED) is 0.893. The van der Waals surface area contributed by atoms with Gasteiger partial charge in [-0.3, -0.25) is 0 Å². The van der Waals surface area contributed by atoms with Crippen LogP contribution in [-0.4, -0.2) is 30.6 Å². The molecule has 94 valence electrons. The van der Waals surface area contributed by atoms with E-state index >= 15 is 0 Å². The van der Waals surface area contributed by atoms with Gasteiger partial charge in [0.2, 0.25) is 0 Å². The van der Waals surface area contributed by atoms with Crippen molar-refractivity contribution in [1.82, 2.24) is 0 Å². The van der Waals surface area contributed by atoms with Crippen LogP contribution in [0, 0.1) is 5.82 Å². The summed E-state index contributed by atoms with van der Waals surface area (Å²) in [5.74, 6) is -0.769. The zero-order chi connectivity index (χ0) is 12.7. The zero-order valence-electron chi connectivity index (χ0n) is 8.99. The fraction of sp³-hybridized carbons (Fsp3) is 0.455. The van der Waals surface area contributed by atoms with Gasteiger partial charge in [-0.1, -0.05) is 17.7 Å². The summed E-state index contributed by atoms with van der Waals surface area (Å²) in [5.41, 5.74) is -0.615. The second-order valence-corrected chi connectivity index (χ2v) is 7.08. The third-order valence-corrected chi connectivity index (χ3v) is 4.98. The predicted octanol–water partition coefficient (Wildman–Crippen LogP) is 1.57. The number of aliphatic hydroxyl groups is 1. The summed E-state index contributed by atoms with van der Waals surface area (Å²) in [4.78, 5) is 0. The minimum absolute atomic E-state index is 0.00156. The number of halogens is 2. The first-order valence-corrected chi connectivity index (χ1v) is 7.36. The fourth-order valence-corrected chi connectivity index (χ4v) is 4.17. The molecule has 2 rings (SSSR count). The Morgan fingerprint density at radius 3 is 2.71 bits per heavy atom. The third kappa shape index (κ3) is 2.97. The molecule has 0 aromatic heterocycles. The van der Waals surface area contributed by atoms with Crippen LogP contribution in [0.2, 0.25) is 5.02 Å². The maximum atomic E-state index is 12.9. The molecule has 0 spiro atoms. The maximum Gasteiger partial charge on any atom is 0.153 e. The Morgan fingerprint density at radius 1 is 1.47 bits per heavy atom. The topological polar surface area (TPSA) is 54.4 Å². The van der Waals surface area contributed by atoms with Crippen LogP contribution < -0.4 is 0 Å². The van der Waals surface area contributed by atoms with Crippen LogP contribution in [0.5, 0.6) is 0 Å². The number of rotatable bonds is 2. The van der Waals surface area contributed by atoms with Crippen LogP contribution in [0.3, 0.4) is 0 Å². The molecule has 1 fully saturated rings. The molecule has 0 bridgehead atoms. The number of sulfone groups is 1. The van der Waals surface area contributed by atoms with Crippen LogP contribution in [0.25, 0.3) is 0 Å². The number of hydrogen-bond acceptors (Lipinski definition) is 3. The molecule has 0 radical (unpaired) electrons. The van der Waals surface area contributed by atoms with Crippen molar-refractivity contribution >= 4 is 21.4 Å². The molecule has 0 saturated carbocycles. The molecule has 1 heterocycles. The highest BCUT2D eigenvalue weighted by Crippen LogP contribution is 2.28. The molecular formula is C11H12ClFO3S. The summed E-state index contributed by atoms with van der Waals surface area (Å²) in [6.45, 7) is 0. The van der Waals surface area contributed by atoms with Crippen molar-refractivity contribution in [1.29, 1.82) is 0 Å². The first-order chi connectivity index (χ1) is 7.80. The highest BCUT2D eigenvalue weighted by molar-refractivity contribution is 7.91. The second kappa shape index (κ2) is 4.23. The zero-order valence-corrected chi connectivity index (χ0v) is 10.6. The summed E-state index contributed by atoms with van der Waals surface area (Å²) < 4.78 is 35.6. The van der Waals surface area contributed by atoms with Crippen LogP contribution in [0.15, 0.2) is 18.2 Å². The molecule has 3 nitrogen and oxygen atoms in total. The van der Waals surface area contributed by atoms with Crippen LogP contribution in [-0.2, 0) is 16.3 Å². The van der Waals surface area contributed by atoms with E-state index in [0.717, 1.165) is 0 Å². The lowest BCUT2D eigenvalue weighted by Crippen LogP contribution is -2.32. The first kappa shape index (κ1) is 12.8. The van der Waals surface area contributed by atoms with Crippen molar-refractivity contribution in [2.75, 3.05) is 11.5 Å². The largest absolute Gasteiger partial charge is 0.388 e. The summed E-state index contributed by atoms with van der Waals surface area (Å²) in [6, 6.07) is 4.13. The SMILES string of the molecule is O=S1(=O)CCC(O)(Cc2ccc(F)c(Cl)c2)C1. The smallest absolute Gasteiger partial charge is 0.153 e. The Bertz CT molecular complexity index is 544. The second-order valence-electron chi connectivity index (χ2n) is 4.49. The van der Waals surface area contributed by atoms with E-state index in [-0.39, 0.29) is 29.4 Å². The van der Waals surface area contributed by atoms with Gasteiger partial charge < -0.3 is 5.11 Å². The Labute approximate surface area is 104 Å². The lowest BCUT2D eigenvalue weighted by Gasteiger charge is -2.20. The van der Waals surface area contributed by atoms with Crippen molar-refractivity contribution in [3.05, 3.63) is 34.6 Å². The van der Waals surface area contributed by atoms with Crippen molar-refractivity contribution in [3.8, 4) is 0 Å². The van der Waals surface area contributed by atoms with Crippen molar-refractivity contribution in [3.63, 3.8) is 0 Å². The van der Waals surface area contributed by atoms with Gasteiger partial charge in [-0.15, -0.1) is 0 Å².